The van der Waals surface area contributed by atoms with Crippen molar-refractivity contribution in [2.45, 2.75) is 33.3 Å². The molecule has 22 heavy (non-hydrogen) atoms. The summed E-state index contributed by atoms with van der Waals surface area (Å²) >= 11 is 3.29. The molecule has 0 N–H and O–H groups in total. The third kappa shape index (κ3) is 4.27. The van der Waals surface area contributed by atoms with Gasteiger partial charge in [-0.2, -0.15) is 0 Å². The van der Waals surface area contributed by atoms with Gasteiger partial charge in [-0.05, 0) is 55.8 Å². The number of ether oxygens (including phenoxy) is 1. The molecule has 0 bridgehead atoms. The summed E-state index contributed by atoms with van der Waals surface area (Å²) in [5.41, 5.74) is 1.15. The average molecular weight is 364 g/mol. The fourth-order valence-electron chi connectivity index (χ4n) is 1.72. The number of hydrogen-bond donors (Lipinski definition) is 0. The number of benzene rings is 1. The lowest BCUT2D eigenvalue weighted by molar-refractivity contribution is 0.0597. The van der Waals surface area contributed by atoms with E-state index < -0.39 is 11.7 Å². The van der Waals surface area contributed by atoms with Crippen LogP contribution in [-0.4, -0.2) is 21.7 Å². The van der Waals surface area contributed by atoms with E-state index in [2.05, 4.69) is 25.9 Å². The van der Waals surface area contributed by atoms with E-state index in [-0.39, 0.29) is 5.95 Å². The number of anilines is 2. The van der Waals surface area contributed by atoms with Crippen LogP contribution in [0.5, 0.6) is 0 Å². The SMILES string of the molecule is Cc1ccc(N(C(=O)OC(C)(C)C)c2ncc(Br)cn2)cc1. The van der Waals surface area contributed by atoms with E-state index in [0.29, 0.717) is 5.69 Å². The minimum absolute atomic E-state index is 0.265. The summed E-state index contributed by atoms with van der Waals surface area (Å²) in [6.45, 7) is 7.44. The molecule has 2 rings (SSSR count). The van der Waals surface area contributed by atoms with Crippen molar-refractivity contribution in [2.24, 2.45) is 0 Å². The molecule has 1 amide bonds. The first-order chi connectivity index (χ1) is 10.3. The second kappa shape index (κ2) is 6.44. The Morgan fingerprint density at radius 3 is 2.18 bits per heavy atom. The average Bonchev–Trinajstić information content (AvgIpc) is 2.41. The molecule has 0 fully saturated rings. The standard InChI is InChI=1S/C16H18BrN3O2/c1-11-5-7-13(8-6-11)20(15(21)22-16(2,3)4)14-18-9-12(17)10-19-14/h5-10H,1-4H3. The molecule has 0 aliphatic rings. The molecule has 0 aliphatic heterocycles. The van der Waals surface area contributed by atoms with Gasteiger partial charge in [-0.15, -0.1) is 0 Å². The summed E-state index contributed by atoms with van der Waals surface area (Å²) in [5.74, 6) is 0.265. The Labute approximate surface area is 138 Å². The van der Waals surface area contributed by atoms with Crippen LogP contribution in [0.1, 0.15) is 26.3 Å². The van der Waals surface area contributed by atoms with Crippen molar-refractivity contribution in [1.29, 1.82) is 0 Å². The molecule has 5 nitrogen and oxygen atoms in total. The maximum Gasteiger partial charge on any atom is 0.421 e. The number of carbonyl (C=O) groups is 1. The van der Waals surface area contributed by atoms with Gasteiger partial charge in [0.25, 0.3) is 0 Å². The molecular formula is C16H18BrN3O2. The highest BCUT2D eigenvalue weighted by atomic mass is 79.9. The van der Waals surface area contributed by atoms with Crippen LogP contribution in [0.25, 0.3) is 0 Å². The minimum Gasteiger partial charge on any atom is -0.443 e. The van der Waals surface area contributed by atoms with Crippen molar-refractivity contribution in [3.05, 3.63) is 46.7 Å². The van der Waals surface area contributed by atoms with Crippen LogP contribution in [-0.2, 0) is 4.74 Å². The summed E-state index contributed by atoms with van der Waals surface area (Å²) in [4.78, 5) is 22.3. The smallest absolute Gasteiger partial charge is 0.421 e. The van der Waals surface area contributed by atoms with Crippen LogP contribution in [0, 0.1) is 6.92 Å². The third-order valence-corrected chi connectivity index (χ3v) is 3.08. The van der Waals surface area contributed by atoms with E-state index in [1.54, 1.807) is 12.4 Å². The Hall–Kier alpha value is -1.95. The quantitative estimate of drug-likeness (QED) is 0.780. The molecule has 1 heterocycles. The lowest BCUT2D eigenvalue weighted by atomic mass is 10.2. The summed E-state index contributed by atoms with van der Waals surface area (Å²) in [5, 5.41) is 0. The molecule has 0 radical (unpaired) electrons. The van der Waals surface area contributed by atoms with Gasteiger partial charge in [0.1, 0.15) is 5.60 Å². The highest BCUT2D eigenvalue weighted by Gasteiger charge is 2.26. The molecule has 116 valence electrons. The Morgan fingerprint density at radius 2 is 1.68 bits per heavy atom. The van der Waals surface area contributed by atoms with Crippen molar-refractivity contribution in [2.75, 3.05) is 4.90 Å². The number of amides is 1. The Kier molecular flexibility index (Phi) is 4.81. The molecule has 0 aliphatic carbocycles. The van der Waals surface area contributed by atoms with E-state index in [4.69, 9.17) is 4.74 Å². The number of hydrogen-bond acceptors (Lipinski definition) is 4. The maximum absolute atomic E-state index is 12.5. The molecular weight excluding hydrogens is 346 g/mol. The minimum atomic E-state index is -0.602. The lowest BCUT2D eigenvalue weighted by Gasteiger charge is -2.26. The summed E-state index contributed by atoms with van der Waals surface area (Å²) < 4.78 is 6.20. The zero-order chi connectivity index (χ0) is 16.3. The first-order valence-electron chi connectivity index (χ1n) is 6.83. The van der Waals surface area contributed by atoms with Crippen LogP contribution in [0.4, 0.5) is 16.4 Å². The number of aryl methyl sites for hydroxylation is 1. The van der Waals surface area contributed by atoms with Gasteiger partial charge in [-0.25, -0.2) is 19.7 Å². The molecule has 2 aromatic rings. The van der Waals surface area contributed by atoms with Gasteiger partial charge in [-0.3, -0.25) is 0 Å². The van der Waals surface area contributed by atoms with Gasteiger partial charge in [0.15, 0.2) is 0 Å². The van der Waals surface area contributed by atoms with E-state index in [1.807, 2.05) is 52.0 Å². The predicted molar refractivity (Wildman–Crippen MR) is 89.3 cm³/mol. The number of halogens is 1. The summed E-state index contributed by atoms with van der Waals surface area (Å²) in [7, 11) is 0. The summed E-state index contributed by atoms with van der Waals surface area (Å²) in [6.07, 6.45) is 2.67. The van der Waals surface area contributed by atoms with E-state index in [0.717, 1.165) is 10.0 Å². The first-order valence-corrected chi connectivity index (χ1v) is 7.63. The molecule has 0 saturated heterocycles. The van der Waals surface area contributed by atoms with Crippen LogP contribution in [0.2, 0.25) is 0 Å². The monoisotopic (exact) mass is 363 g/mol. The fraction of sp³-hybridized carbons (Fsp3) is 0.312. The predicted octanol–water partition coefficient (Wildman–Crippen LogP) is 4.62. The number of nitrogens with zero attached hydrogens (tertiary/aromatic N) is 3. The molecule has 0 spiro atoms. The van der Waals surface area contributed by atoms with E-state index in [9.17, 15) is 4.79 Å². The topological polar surface area (TPSA) is 55.3 Å². The highest BCUT2D eigenvalue weighted by Crippen LogP contribution is 2.25. The second-order valence-corrected chi connectivity index (χ2v) is 6.77. The van der Waals surface area contributed by atoms with E-state index in [1.165, 1.54) is 4.90 Å². The molecule has 0 unspecified atom stereocenters. The zero-order valence-electron chi connectivity index (χ0n) is 13.0. The van der Waals surface area contributed by atoms with Crippen molar-refractivity contribution >= 4 is 33.7 Å². The Balaban J connectivity index is 2.42. The molecule has 0 saturated carbocycles. The number of rotatable bonds is 2. The Bertz CT molecular complexity index is 603. The van der Waals surface area contributed by atoms with Crippen LogP contribution >= 0.6 is 15.9 Å². The van der Waals surface area contributed by atoms with Crippen molar-refractivity contribution in [3.63, 3.8) is 0 Å². The molecule has 6 heteroatoms. The number of aromatic nitrogens is 2. The van der Waals surface area contributed by atoms with Gasteiger partial charge in [0, 0.05) is 12.4 Å². The largest absolute Gasteiger partial charge is 0.443 e. The van der Waals surface area contributed by atoms with Gasteiger partial charge in [0.2, 0.25) is 5.95 Å². The van der Waals surface area contributed by atoms with Gasteiger partial charge in [0.05, 0.1) is 10.2 Å². The molecule has 1 aromatic heterocycles. The van der Waals surface area contributed by atoms with Crippen LogP contribution in [0.3, 0.4) is 0 Å². The number of carbonyl (C=O) groups excluding carboxylic acids is 1. The molecule has 0 atom stereocenters. The normalized spacial score (nSPS) is 11.1. The highest BCUT2D eigenvalue weighted by molar-refractivity contribution is 9.10. The van der Waals surface area contributed by atoms with Gasteiger partial charge in [-0.1, -0.05) is 17.7 Å². The van der Waals surface area contributed by atoms with Crippen molar-refractivity contribution < 1.29 is 9.53 Å². The van der Waals surface area contributed by atoms with Gasteiger partial charge < -0.3 is 4.74 Å². The first kappa shape index (κ1) is 16.4. The van der Waals surface area contributed by atoms with Crippen molar-refractivity contribution in [1.82, 2.24) is 9.97 Å². The summed E-state index contributed by atoms with van der Waals surface area (Å²) in [6, 6.07) is 7.52. The maximum atomic E-state index is 12.5. The second-order valence-electron chi connectivity index (χ2n) is 5.85. The Morgan fingerprint density at radius 1 is 1.14 bits per heavy atom. The molecule has 1 aromatic carbocycles. The third-order valence-electron chi connectivity index (χ3n) is 2.67. The van der Waals surface area contributed by atoms with Crippen molar-refractivity contribution in [3.8, 4) is 0 Å². The van der Waals surface area contributed by atoms with Crippen LogP contribution < -0.4 is 4.90 Å². The van der Waals surface area contributed by atoms with Crippen LogP contribution in [0.15, 0.2) is 41.1 Å². The van der Waals surface area contributed by atoms with E-state index >= 15 is 0 Å². The fourth-order valence-corrected chi connectivity index (χ4v) is 1.93. The lowest BCUT2D eigenvalue weighted by Crippen LogP contribution is -2.34. The zero-order valence-corrected chi connectivity index (χ0v) is 14.6. The van der Waals surface area contributed by atoms with Gasteiger partial charge >= 0.3 is 6.09 Å².